The van der Waals surface area contributed by atoms with Crippen LogP contribution in [0.25, 0.3) is 0 Å². The molecule has 18 heavy (non-hydrogen) atoms. The number of benzene rings is 1. The van der Waals surface area contributed by atoms with Crippen molar-refractivity contribution in [2.75, 3.05) is 12.4 Å². The highest BCUT2D eigenvalue weighted by Gasteiger charge is 2.34. The van der Waals surface area contributed by atoms with Gasteiger partial charge < -0.3 is 4.74 Å². The van der Waals surface area contributed by atoms with Crippen molar-refractivity contribution < 1.29 is 22.3 Å². The summed E-state index contributed by atoms with van der Waals surface area (Å²) in [6.07, 6.45) is -2.13. The normalized spacial score (nSPS) is 11.6. The molecule has 0 atom stereocenters. The zero-order chi connectivity index (χ0) is 13.6. The van der Waals surface area contributed by atoms with Gasteiger partial charge >= 0.3 is 6.18 Å². The summed E-state index contributed by atoms with van der Waals surface area (Å²) >= 11 is 4.04. The van der Waals surface area contributed by atoms with Crippen molar-refractivity contribution >= 4 is 12.6 Å². The highest BCUT2D eigenvalue weighted by molar-refractivity contribution is 7.80. The lowest BCUT2D eigenvalue weighted by atomic mass is 10.2. The zero-order valence-electron chi connectivity index (χ0n) is 9.63. The second-order valence-electron chi connectivity index (χ2n) is 3.77. The van der Waals surface area contributed by atoms with Crippen LogP contribution in [-0.4, -0.2) is 12.4 Å². The van der Waals surface area contributed by atoms with Gasteiger partial charge in [0.15, 0.2) is 0 Å². The van der Waals surface area contributed by atoms with Crippen LogP contribution in [0, 0.1) is 5.82 Å². The van der Waals surface area contributed by atoms with Gasteiger partial charge in [0, 0.05) is 0 Å². The van der Waals surface area contributed by atoms with Crippen LogP contribution in [0.5, 0.6) is 5.75 Å². The zero-order valence-corrected chi connectivity index (χ0v) is 10.5. The van der Waals surface area contributed by atoms with E-state index in [1.54, 1.807) is 0 Å². The van der Waals surface area contributed by atoms with Gasteiger partial charge in [0.1, 0.15) is 11.6 Å². The van der Waals surface area contributed by atoms with E-state index in [2.05, 4.69) is 12.6 Å². The minimum atomic E-state index is -4.70. The topological polar surface area (TPSA) is 9.23 Å². The predicted molar refractivity (Wildman–Crippen MR) is 64.6 cm³/mol. The molecule has 1 aromatic carbocycles. The maximum absolute atomic E-state index is 13.0. The number of alkyl halides is 3. The number of thiol groups is 1. The molecule has 0 amide bonds. The van der Waals surface area contributed by atoms with Gasteiger partial charge in [-0.3, -0.25) is 0 Å². The molecule has 0 heterocycles. The Morgan fingerprint density at radius 1 is 1.11 bits per heavy atom. The first kappa shape index (κ1) is 15.1. The third-order valence-corrected chi connectivity index (χ3v) is 2.63. The summed E-state index contributed by atoms with van der Waals surface area (Å²) in [5, 5.41) is 0. The summed E-state index contributed by atoms with van der Waals surface area (Å²) in [6, 6.07) is 2.66. The largest absolute Gasteiger partial charge is 0.494 e. The van der Waals surface area contributed by atoms with Crippen LogP contribution in [0.15, 0.2) is 18.2 Å². The summed E-state index contributed by atoms with van der Waals surface area (Å²) in [4.78, 5) is 0. The minimum Gasteiger partial charge on any atom is -0.494 e. The van der Waals surface area contributed by atoms with E-state index >= 15 is 0 Å². The lowest BCUT2D eigenvalue weighted by molar-refractivity contribution is -0.140. The lowest BCUT2D eigenvalue weighted by Crippen LogP contribution is -2.08. The first-order chi connectivity index (χ1) is 8.45. The molecule has 1 nitrogen and oxygen atoms in total. The van der Waals surface area contributed by atoms with Gasteiger partial charge in [-0.2, -0.15) is 25.8 Å². The fourth-order valence-corrected chi connectivity index (χ4v) is 1.62. The summed E-state index contributed by atoms with van der Waals surface area (Å²) < 4.78 is 55.4. The van der Waals surface area contributed by atoms with Crippen LogP contribution in [0.3, 0.4) is 0 Å². The quantitative estimate of drug-likeness (QED) is 0.464. The van der Waals surface area contributed by atoms with Gasteiger partial charge in [0.05, 0.1) is 12.2 Å². The first-order valence-electron chi connectivity index (χ1n) is 5.55. The van der Waals surface area contributed by atoms with Crippen molar-refractivity contribution in [3.05, 3.63) is 29.6 Å². The van der Waals surface area contributed by atoms with Crippen LogP contribution in [0.2, 0.25) is 0 Å². The fraction of sp³-hybridized carbons (Fsp3) is 0.500. The second-order valence-corrected chi connectivity index (χ2v) is 4.22. The molecule has 0 saturated heterocycles. The van der Waals surface area contributed by atoms with E-state index in [4.69, 9.17) is 4.74 Å². The van der Waals surface area contributed by atoms with Crippen molar-refractivity contribution in [2.45, 2.75) is 25.4 Å². The predicted octanol–water partition coefficient (Wildman–Crippen LogP) is 4.32. The average Bonchev–Trinajstić information content (AvgIpc) is 2.29. The van der Waals surface area contributed by atoms with E-state index in [1.807, 2.05) is 0 Å². The van der Waals surface area contributed by atoms with Gasteiger partial charge in [0.25, 0.3) is 0 Å². The molecule has 6 heteroatoms. The molecule has 0 aliphatic carbocycles. The van der Waals surface area contributed by atoms with E-state index in [0.29, 0.717) is 12.7 Å². The van der Waals surface area contributed by atoms with Gasteiger partial charge in [-0.05, 0) is 43.2 Å². The number of ether oxygens (including phenoxy) is 1. The Bertz CT molecular complexity index is 379. The second kappa shape index (κ2) is 6.87. The molecule has 0 aromatic heterocycles. The van der Waals surface area contributed by atoms with E-state index in [9.17, 15) is 17.6 Å². The molecule has 0 fully saturated rings. The summed E-state index contributed by atoms with van der Waals surface area (Å²) in [7, 11) is 0. The van der Waals surface area contributed by atoms with E-state index in [-0.39, 0.29) is 5.75 Å². The number of unbranched alkanes of at least 4 members (excludes halogenated alkanes) is 2. The Labute approximate surface area is 109 Å². The average molecular weight is 282 g/mol. The number of hydrogen-bond acceptors (Lipinski definition) is 2. The third kappa shape index (κ3) is 4.76. The van der Waals surface area contributed by atoms with Crippen LogP contribution in [0.4, 0.5) is 17.6 Å². The van der Waals surface area contributed by atoms with Gasteiger partial charge in [-0.25, -0.2) is 4.39 Å². The molecule has 0 bridgehead atoms. The Morgan fingerprint density at radius 2 is 1.83 bits per heavy atom. The van der Waals surface area contributed by atoms with Crippen LogP contribution >= 0.6 is 12.6 Å². The standard InChI is InChI=1S/C12H14F4OS/c13-11-5-4-9(8-10(11)12(14,15)16)17-6-2-1-3-7-18/h4-5,8,18H,1-3,6-7H2. The van der Waals surface area contributed by atoms with Gasteiger partial charge in [-0.1, -0.05) is 0 Å². The number of hydrogen-bond donors (Lipinski definition) is 1. The minimum absolute atomic E-state index is 0.0367. The summed E-state index contributed by atoms with van der Waals surface area (Å²) in [5.41, 5.74) is -1.30. The van der Waals surface area contributed by atoms with Crippen molar-refractivity contribution in [1.82, 2.24) is 0 Å². The molecule has 0 aliphatic heterocycles. The first-order valence-corrected chi connectivity index (χ1v) is 6.19. The lowest BCUT2D eigenvalue weighted by Gasteiger charge is -2.11. The Balaban J connectivity index is 2.57. The van der Waals surface area contributed by atoms with Crippen molar-refractivity contribution in [3.63, 3.8) is 0 Å². The smallest absolute Gasteiger partial charge is 0.419 e. The Morgan fingerprint density at radius 3 is 2.44 bits per heavy atom. The molecule has 1 rings (SSSR count). The molecular weight excluding hydrogens is 268 g/mol. The van der Waals surface area contributed by atoms with Gasteiger partial charge in [-0.15, -0.1) is 0 Å². The molecule has 0 aliphatic rings. The van der Waals surface area contributed by atoms with Crippen molar-refractivity contribution in [1.29, 1.82) is 0 Å². The summed E-state index contributed by atoms with van der Waals surface area (Å²) in [5.74, 6) is -0.478. The van der Waals surface area contributed by atoms with Crippen LogP contribution < -0.4 is 4.74 Å². The van der Waals surface area contributed by atoms with E-state index in [0.717, 1.165) is 31.1 Å². The molecule has 0 radical (unpaired) electrons. The molecule has 0 spiro atoms. The van der Waals surface area contributed by atoms with Gasteiger partial charge in [0.2, 0.25) is 0 Å². The van der Waals surface area contributed by atoms with E-state index < -0.39 is 17.6 Å². The summed E-state index contributed by atoms with van der Waals surface area (Å²) in [6.45, 7) is 0.316. The monoisotopic (exact) mass is 282 g/mol. The SMILES string of the molecule is Fc1ccc(OCCCCCS)cc1C(F)(F)F. The highest BCUT2D eigenvalue weighted by atomic mass is 32.1. The van der Waals surface area contributed by atoms with Crippen LogP contribution in [0.1, 0.15) is 24.8 Å². The maximum atomic E-state index is 13.0. The van der Waals surface area contributed by atoms with Crippen LogP contribution in [-0.2, 0) is 6.18 Å². The van der Waals surface area contributed by atoms with Crippen molar-refractivity contribution in [2.24, 2.45) is 0 Å². The number of halogens is 4. The fourth-order valence-electron chi connectivity index (χ4n) is 1.39. The van der Waals surface area contributed by atoms with E-state index in [1.165, 1.54) is 6.07 Å². The molecule has 0 saturated carbocycles. The molecular formula is C12H14F4OS. The Kier molecular flexibility index (Phi) is 5.78. The highest BCUT2D eigenvalue weighted by Crippen LogP contribution is 2.33. The molecule has 1 aromatic rings. The third-order valence-electron chi connectivity index (χ3n) is 2.31. The van der Waals surface area contributed by atoms with Crippen molar-refractivity contribution in [3.8, 4) is 5.75 Å². The number of rotatable bonds is 6. The molecule has 0 N–H and O–H groups in total. The molecule has 0 unspecified atom stereocenters. The maximum Gasteiger partial charge on any atom is 0.419 e. The molecule has 102 valence electrons. The Hall–Kier alpha value is -0.910.